The zero-order valence-electron chi connectivity index (χ0n) is 11.0. The van der Waals surface area contributed by atoms with Crippen molar-refractivity contribution in [2.24, 2.45) is 5.92 Å². The van der Waals surface area contributed by atoms with E-state index in [0.29, 0.717) is 0 Å². The molecule has 0 heterocycles. The van der Waals surface area contributed by atoms with Gasteiger partial charge in [-0.3, -0.25) is 4.79 Å². The van der Waals surface area contributed by atoms with Crippen molar-refractivity contribution in [3.05, 3.63) is 0 Å². The van der Waals surface area contributed by atoms with Gasteiger partial charge in [0.2, 0.25) is 5.91 Å². The van der Waals surface area contributed by atoms with Crippen LogP contribution in [0.1, 0.15) is 13.8 Å². The van der Waals surface area contributed by atoms with Gasteiger partial charge in [0.25, 0.3) is 0 Å². The van der Waals surface area contributed by atoms with Gasteiger partial charge in [-0.15, -0.1) is 0 Å². The topological polar surface area (TPSA) is 150 Å². The molecule has 8 heteroatoms. The average molecular weight is 281 g/mol. The molecule has 0 fully saturated rings. The summed E-state index contributed by atoms with van der Waals surface area (Å²) in [5, 5.41) is 57.5. The van der Waals surface area contributed by atoms with Crippen molar-refractivity contribution < 1.29 is 35.4 Å². The third-order valence-electron chi connectivity index (χ3n) is 2.95. The van der Waals surface area contributed by atoms with Crippen LogP contribution in [0.2, 0.25) is 0 Å². The van der Waals surface area contributed by atoms with Crippen LogP contribution in [-0.4, -0.2) is 80.2 Å². The summed E-state index contributed by atoms with van der Waals surface area (Å²) in [4.78, 5) is 11.5. The molecule has 0 rings (SSSR count). The van der Waals surface area contributed by atoms with Gasteiger partial charge in [-0.05, 0) is 6.92 Å². The van der Waals surface area contributed by atoms with Gasteiger partial charge in [-0.2, -0.15) is 0 Å². The molecule has 0 aromatic heterocycles. The van der Waals surface area contributed by atoms with E-state index < -0.39 is 49.0 Å². The summed E-state index contributed by atoms with van der Waals surface area (Å²) in [5.74, 6) is -1.20. The molecule has 0 saturated carbocycles. The Morgan fingerprint density at radius 1 is 1.00 bits per heavy atom. The van der Waals surface area contributed by atoms with Crippen molar-refractivity contribution in [2.45, 2.75) is 44.4 Å². The Morgan fingerprint density at radius 3 is 1.89 bits per heavy atom. The Bertz CT molecular complexity index is 274. The number of rotatable bonds is 8. The van der Waals surface area contributed by atoms with Gasteiger partial charge < -0.3 is 36.0 Å². The summed E-state index contributed by atoms with van der Waals surface area (Å²) in [6.07, 6.45) is -7.41. The summed E-state index contributed by atoms with van der Waals surface area (Å²) >= 11 is 0. The lowest BCUT2D eigenvalue weighted by Crippen LogP contribution is -2.50. The smallest absolute Gasteiger partial charge is 0.225 e. The molecule has 19 heavy (non-hydrogen) atoms. The van der Waals surface area contributed by atoms with E-state index in [1.54, 1.807) is 0 Å². The van der Waals surface area contributed by atoms with Crippen molar-refractivity contribution in [1.82, 2.24) is 5.32 Å². The maximum absolute atomic E-state index is 11.5. The lowest BCUT2D eigenvalue weighted by atomic mass is 10.0. The number of nitrogens with one attached hydrogen (secondary N) is 1. The van der Waals surface area contributed by atoms with Gasteiger partial charge in [0.05, 0.1) is 24.7 Å². The highest BCUT2D eigenvalue weighted by Gasteiger charge is 2.30. The molecule has 0 aliphatic carbocycles. The normalized spacial score (nSPS) is 21.1. The standard InChI is InChI=1S/C11H23NO7/c1-5(6(2)14)11(19)12-3-7(15)9(17)10(18)8(16)4-13/h5-10,13-18H,3-4H2,1-2H3,(H,12,19). The minimum Gasteiger partial charge on any atom is -0.394 e. The largest absolute Gasteiger partial charge is 0.394 e. The number of hydrogen-bond donors (Lipinski definition) is 7. The highest BCUT2D eigenvalue weighted by molar-refractivity contribution is 5.78. The molecular weight excluding hydrogens is 258 g/mol. The van der Waals surface area contributed by atoms with Gasteiger partial charge in [0, 0.05) is 6.54 Å². The van der Waals surface area contributed by atoms with E-state index in [1.165, 1.54) is 13.8 Å². The van der Waals surface area contributed by atoms with E-state index in [9.17, 15) is 25.2 Å². The molecule has 0 aromatic rings. The summed E-state index contributed by atoms with van der Waals surface area (Å²) in [5.41, 5.74) is 0. The highest BCUT2D eigenvalue weighted by Crippen LogP contribution is 2.06. The fraction of sp³-hybridized carbons (Fsp3) is 0.909. The highest BCUT2D eigenvalue weighted by atomic mass is 16.4. The van der Waals surface area contributed by atoms with Crippen molar-refractivity contribution in [1.29, 1.82) is 0 Å². The molecule has 8 nitrogen and oxygen atoms in total. The maximum Gasteiger partial charge on any atom is 0.225 e. The number of carbonyl (C=O) groups is 1. The summed E-state index contributed by atoms with van der Waals surface area (Å²) in [7, 11) is 0. The molecular formula is C11H23NO7. The van der Waals surface area contributed by atoms with Crippen LogP contribution in [0.4, 0.5) is 0 Å². The number of hydrogen-bond acceptors (Lipinski definition) is 7. The van der Waals surface area contributed by atoms with Crippen LogP contribution in [0.15, 0.2) is 0 Å². The molecule has 7 N–H and O–H groups in total. The number of aliphatic hydroxyl groups is 6. The van der Waals surface area contributed by atoms with Crippen LogP contribution >= 0.6 is 0 Å². The third kappa shape index (κ3) is 5.81. The van der Waals surface area contributed by atoms with E-state index >= 15 is 0 Å². The molecule has 6 atom stereocenters. The molecule has 0 spiro atoms. The van der Waals surface area contributed by atoms with Crippen LogP contribution < -0.4 is 5.32 Å². The van der Waals surface area contributed by atoms with E-state index in [4.69, 9.17) is 10.2 Å². The third-order valence-corrected chi connectivity index (χ3v) is 2.95. The van der Waals surface area contributed by atoms with E-state index in [1.807, 2.05) is 0 Å². The van der Waals surface area contributed by atoms with E-state index in [2.05, 4.69) is 5.32 Å². The van der Waals surface area contributed by atoms with Crippen molar-refractivity contribution in [3.8, 4) is 0 Å². The van der Waals surface area contributed by atoms with Crippen LogP contribution in [0.25, 0.3) is 0 Å². The fourth-order valence-electron chi connectivity index (χ4n) is 1.27. The second-order valence-electron chi connectivity index (χ2n) is 4.57. The molecule has 0 aliphatic rings. The average Bonchev–Trinajstić information content (AvgIpc) is 2.40. The molecule has 1 amide bonds. The van der Waals surface area contributed by atoms with Crippen molar-refractivity contribution >= 4 is 5.91 Å². The summed E-state index contributed by atoms with van der Waals surface area (Å²) in [6, 6.07) is 0. The minimum absolute atomic E-state index is 0.355. The Kier molecular flexibility index (Phi) is 8.07. The Balaban J connectivity index is 4.24. The first-order chi connectivity index (χ1) is 8.72. The summed E-state index contributed by atoms with van der Waals surface area (Å²) < 4.78 is 0. The Labute approximate surface area is 111 Å². The zero-order valence-corrected chi connectivity index (χ0v) is 11.0. The lowest BCUT2D eigenvalue weighted by Gasteiger charge is -2.26. The Hall–Kier alpha value is -0.770. The Morgan fingerprint density at radius 2 is 1.47 bits per heavy atom. The molecule has 114 valence electrons. The molecule has 0 aliphatic heterocycles. The van der Waals surface area contributed by atoms with Crippen LogP contribution in [0.3, 0.4) is 0 Å². The van der Waals surface area contributed by atoms with Gasteiger partial charge in [0.15, 0.2) is 0 Å². The van der Waals surface area contributed by atoms with Gasteiger partial charge in [-0.25, -0.2) is 0 Å². The summed E-state index contributed by atoms with van der Waals surface area (Å²) in [6.45, 7) is 1.81. The number of amides is 1. The first-order valence-electron chi connectivity index (χ1n) is 6.01. The quantitative estimate of drug-likeness (QED) is 0.244. The zero-order chi connectivity index (χ0) is 15.2. The monoisotopic (exact) mass is 281 g/mol. The molecule has 0 aromatic carbocycles. The van der Waals surface area contributed by atoms with Crippen molar-refractivity contribution in [2.75, 3.05) is 13.2 Å². The predicted molar refractivity (Wildman–Crippen MR) is 65.0 cm³/mol. The van der Waals surface area contributed by atoms with Gasteiger partial charge in [-0.1, -0.05) is 6.92 Å². The van der Waals surface area contributed by atoms with Crippen molar-refractivity contribution in [3.63, 3.8) is 0 Å². The van der Waals surface area contributed by atoms with E-state index in [0.717, 1.165) is 0 Å². The number of carbonyl (C=O) groups excluding carboxylic acids is 1. The second kappa shape index (κ2) is 8.41. The maximum atomic E-state index is 11.5. The lowest BCUT2D eigenvalue weighted by molar-refractivity contribution is -0.131. The molecule has 0 saturated heterocycles. The number of aliphatic hydroxyl groups excluding tert-OH is 6. The predicted octanol–water partition coefficient (Wildman–Crippen LogP) is -3.44. The minimum atomic E-state index is -1.73. The van der Waals surface area contributed by atoms with Gasteiger partial charge in [0.1, 0.15) is 18.3 Å². The SMILES string of the molecule is CC(O)C(C)C(=O)NCC(O)C(O)C(O)C(O)CO. The molecule has 6 unspecified atom stereocenters. The van der Waals surface area contributed by atoms with E-state index in [-0.39, 0.29) is 6.54 Å². The van der Waals surface area contributed by atoms with Crippen LogP contribution in [-0.2, 0) is 4.79 Å². The van der Waals surface area contributed by atoms with Gasteiger partial charge >= 0.3 is 0 Å². The first kappa shape index (κ1) is 18.2. The van der Waals surface area contributed by atoms with Crippen LogP contribution in [0.5, 0.6) is 0 Å². The fourth-order valence-corrected chi connectivity index (χ4v) is 1.27. The first-order valence-corrected chi connectivity index (χ1v) is 6.01. The van der Waals surface area contributed by atoms with Crippen LogP contribution in [0, 0.1) is 5.92 Å². The molecule has 0 radical (unpaired) electrons. The second-order valence-corrected chi connectivity index (χ2v) is 4.57. The molecule has 0 bridgehead atoms.